The van der Waals surface area contributed by atoms with E-state index < -0.39 is 0 Å². The molecule has 3 N–H and O–H groups in total. The van der Waals surface area contributed by atoms with Gasteiger partial charge < -0.3 is 11.1 Å². The zero-order chi connectivity index (χ0) is 8.15. The highest BCUT2D eigenvalue weighted by atomic mass is 79.9. The molecule has 0 spiro atoms. The minimum atomic E-state index is 0.101. The number of nitrogens with one attached hydrogen (secondary N) is 1. The first-order valence-electron chi connectivity index (χ1n) is 3.17. The smallest absolute Gasteiger partial charge is 0.0573 e. The number of hydrogen-bond acceptors (Lipinski definition) is 2. The quantitative estimate of drug-likeness (QED) is 0.537. The van der Waals surface area contributed by atoms with Crippen LogP contribution in [-0.2, 0) is 0 Å². The van der Waals surface area contributed by atoms with Gasteiger partial charge in [0.25, 0.3) is 0 Å². The number of rotatable bonds is 3. The van der Waals surface area contributed by atoms with Crippen molar-refractivity contribution in [2.45, 2.75) is 25.1 Å². The molecule has 0 aliphatic heterocycles. The van der Waals surface area contributed by atoms with Crippen LogP contribution >= 0.6 is 15.9 Å². The third kappa shape index (κ3) is 3.67. The Balaban J connectivity index is 3.80. The molecule has 1 unspecified atom stereocenters. The van der Waals surface area contributed by atoms with Crippen LogP contribution in [0.25, 0.3) is 0 Å². The number of halogens is 1. The molecule has 0 saturated heterocycles. The number of alkyl halides is 1. The summed E-state index contributed by atoms with van der Waals surface area (Å²) in [6, 6.07) is 0. The first kappa shape index (κ1) is 9.69. The van der Waals surface area contributed by atoms with Crippen molar-refractivity contribution in [1.29, 1.82) is 5.41 Å². The summed E-state index contributed by atoms with van der Waals surface area (Å²) < 4.78 is 0. The van der Waals surface area contributed by atoms with Crippen molar-refractivity contribution in [3.8, 4) is 0 Å². The molecular formula is C7H13BrN2. The standard InChI is InChI=1S/C7H13BrN2/c1-3-6(10)4-7(8)5(2)9/h3,7,9H,4,10H2,1-2H3/b6-3+,9-5?. The fourth-order valence-electron chi connectivity index (χ4n) is 0.478. The van der Waals surface area contributed by atoms with Crippen LogP contribution in [-0.4, -0.2) is 10.5 Å². The first-order chi connectivity index (χ1) is 4.57. The Bertz CT molecular complexity index is 152. The molecule has 0 rings (SSSR count). The van der Waals surface area contributed by atoms with Gasteiger partial charge in [0.15, 0.2) is 0 Å². The normalized spacial score (nSPS) is 14.9. The highest BCUT2D eigenvalue weighted by molar-refractivity contribution is 9.10. The molecule has 2 nitrogen and oxygen atoms in total. The molecule has 0 heterocycles. The van der Waals surface area contributed by atoms with Gasteiger partial charge in [0, 0.05) is 17.8 Å². The van der Waals surface area contributed by atoms with E-state index in [1.165, 1.54) is 0 Å². The van der Waals surface area contributed by atoms with Gasteiger partial charge in [-0.15, -0.1) is 0 Å². The molecule has 0 aromatic carbocycles. The molecule has 0 bridgehead atoms. The van der Waals surface area contributed by atoms with E-state index in [1.54, 1.807) is 6.92 Å². The lowest BCUT2D eigenvalue weighted by atomic mass is 10.2. The molecule has 3 heteroatoms. The molecule has 0 aliphatic carbocycles. The van der Waals surface area contributed by atoms with Gasteiger partial charge in [-0.25, -0.2) is 0 Å². The summed E-state index contributed by atoms with van der Waals surface area (Å²) in [7, 11) is 0. The number of nitrogens with two attached hydrogens (primary N) is 1. The first-order valence-corrected chi connectivity index (χ1v) is 4.09. The zero-order valence-corrected chi connectivity index (χ0v) is 7.90. The van der Waals surface area contributed by atoms with Gasteiger partial charge in [-0.05, 0) is 13.8 Å². The molecule has 0 saturated carbocycles. The molecule has 1 atom stereocenters. The largest absolute Gasteiger partial charge is 0.402 e. The van der Waals surface area contributed by atoms with Crippen molar-refractivity contribution >= 4 is 21.6 Å². The summed E-state index contributed by atoms with van der Waals surface area (Å²) in [6.45, 7) is 3.66. The van der Waals surface area contributed by atoms with Crippen LogP contribution in [0.3, 0.4) is 0 Å². The van der Waals surface area contributed by atoms with E-state index in [0.717, 1.165) is 12.1 Å². The minimum Gasteiger partial charge on any atom is -0.402 e. The fourth-order valence-corrected chi connectivity index (χ4v) is 0.852. The van der Waals surface area contributed by atoms with Crippen molar-refractivity contribution in [3.63, 3.8) is 0 Å². The van der Waals surface area contributed by atoms with Crippen LogP contribution in [0.15, 0.2) is 11.8 Å². The number of hydrogen-bond donors (Lipinski definition) is 2. The fraction of sp³-hybridized carbons (Fsp3) is 0.571. The predicted octanol–water partition coefficient (Wildman–Crippen LogP) is 2.04. The van der Waals surface area contributed by atoms with Crippen molar-refractivity contribution in [1.82, 2.24) is 0 Å². The van der Waals surface area contributed by atoms with Crippen LogP contribution < -0.4 is 5.73 Å². The second kappa shape index (κ2) is 4.50. The van der Waals surface area contributed by atoms with Gasteiger partial charge in [-0.1, -0.05) is 22.0 Å². The average Bonchev–Trinajstić information content (AvgIpc) is 1.87. The molecular weight excluding hydrogens is 192 g/mol. The lowest BCUT2D eigenvalue weighted by Crippen LogP contribution is -2.12. The Morgan fingerprint density at radius 1 is 1.80 bits per heavy atom. The molecule has 10 heavy (non-hydrogen) atoms. The van der Waals surface area contributed by atoms with Crippen LogP contribution in [0.1, 0.15) is 20.3 Å². The summed E-state index contributed by atoms with van der Waals surface area (Å²) in [5.74, 6) is 0. The summed E-state index contributed by atoms with van der Waals surface area (Å²) in [4.78, 5) is 0.101. The van der Waals surface area contributed by atoms with Gasteiger partial charge in [-0.3, -0.25) is 0 Å². The van der Waals surface area contributed by atoms with Crippen LogP contribution in [0, 0.1) is 5.41 Å². The van der Waals surface area contributed by atoms with Gasteiger partial charge >= 0.3 is 0 Å². The minimum absolute atomic E-state index is 0.101. The molecule has 0 aromatic rings. The highest BCUT2D eigenvalue weighted by Crippen LogP contribution is 2.09. The predicted molar refractivity (Wildman–Crippen MR) is 48.7 cm³/mol. The van der Waals surface area contributed by atoms with E-state index in [9.17, 15) is 0 Å². The summed E-state index contributed by atoms with van der Waals surface area (Å²) >= 11 is 3.34. The van der Waals surface area contributed by atoms with E-state index in [2.05, 4.69) is 15.9 Å². The Hall–Kier alpha value is -0.310. The SMILES string of the molecule is C/C=C(/N)CC(Br)C(C)=N. The summed E-state index contributed by atoms with van der Waals surface area (Å²) in [6.07, 6.45) is 2.59. The van der Waals surface area contributed by atoms with E-state index in [4.69, 9.17) is 11.1 Å². The van der Waals surface area contributed by atoms with Crippen LogP contribution in [0.2, 0.25) is 0 Å². The van der Waals surface area contributed by atoms with E-state index >= 15 is 0 Å². The van der Waals surface area contributed by atoms with Crippen molar-refractivity contribution in [3.05, 3.63) is 11.8 Å². The number of allylic oxidation sites excluding steroid dienone is 2. The van der Waals surface area contributed by atoms with E-state index in [-0.39, 0.29) is 4.83 Å². The van der Waals surface area contributed by atoms with Crippen molar-refractivity contribution < 1.29 is 0 Å². The zero-order valence-electron chi connectivity index (χ0n) is 6.32. The van der Waals surface area contributed by atoms with Gasteiger partial charge in [0.1, 0.15) is 0 Å². The molecule has 0 fully saturated rings. The molecule has 0 radical (unpaired) electrons. The molecule has 0 amide bonds. The summed E-state index contributed by atoms with van der Waals surface area (Å²) in [5, 5.41) is 7.24. The van der Waals surface area contributed by atoms with Gasteiger partial charge in [-0.2, -0.15) is 0 Å². The van der Waals surface area contributed by atoms with Crippen molar-refractivity contribution in [2.75, 3.05) is 0 Å². The topological polar surface area (TPSA) is 49.9 Å². The maximum absolute atomic E-state index is 7.24. The van der Waals surface area contributed by atoms with Gasteiger partial charge in [0.05, 0.1) is 4.83 Å². The second-order valence-corrected chi connectivity index (χ2v) is 3.32. The van der Waals surface area contributed by atoms with Gasteiger partial charge in [0.2, 0.25) is 0 Å². The molecule has 58 valence electrons. The van der Waals surface area contributed by atoms with E-state index in [1.807, 2.05) is 13.0 Å². The maximum Gasteiger partial charge on any atom is 0.0573 e. The second-order valence-electron chi connectivity index (χ2n) is 2.22. The summed E-state index contributed by atoms with van der Waals surface area (Å²) in [5.41, 5.74) is 6.99. The highest BCUT2D eigenvalue weighted by Gasteiger charge is 2.05. The molecule has 0 aromatic heterocycles. The lowest BCUT2D eigenvalue weighted by molar-refractivity contribution is 1.00. The Labute approximate surface area is 70.1 Å². The lowest BCUT2D eigenvalue weighted by Gasteiger charge is -2.06. The van der Waals surface area contributed by atoms with Crippen molar-refractivity contribution in [2.24, 2.45) is 5.73 Å². The van der Waals surface area contributed by atoms with Crippen LogP contribution in [0.4, 0.5) is 0 Å². The van der Waals surface area contributed by atoms with Crippen LogP contribution in [0.5, 0.6) is 0 Å². The molecule has 0 aliphatic rings. The maximum atomic E-state index is 7.24. The Kier molecular flexibility index (Phi) is 4.36. The average molecular weight is 205 g/mol. The third-order valence-electron chi connectivity index (χ3n) is 1.26. The Morgan fingerprint density at radius 3 is 2.60 bits per heavy atom. The monoisotopic (exact) mass is 204 g/mol. The third-order valence-corrected chi connectivity index (χ3v) is 2.27. The van der Waals surface area contributed by atoms with E-state index in [0.29, 0.717) is 5.71 Å². The Morgan fingerprint density at radius 2 is 2.30 bits per heavy atom.